The number of ether oxygens (including phenoxy) is 2. The van der Waals surface area contributed by atoms with Crippen molar-refractivity contribution in [3.8, 4) is 11.5 Å². The molecule has 1 amide bonds. The first-order valence-electron chi connectivity index (χ1n) is 8.27. The molecule has 0 unspecified atom stereocenters. The molecule has 1 spiro atoms. The predicted molar refractivity (Wildman–Crippen MR) is 83.2 cm³/mol. The lowest BCUT2D eigenvalue weighted by atomic mass is 10.2. The molecule has 0 radical (unpaired) electrons. The number of anilines is 1. The van der Waals surface area contributed by atoms with Crippen LogP contribution >= 0.6 is 0 Å². The number of nitrogens with one attached hydrogen (secondary N) is 1. The maximum absolute atomic E-state index is 12.1. The standard InChI is InChI=1S/C17H22N2O3/c20-16(12-19-9-3-4-10-19)18-13-5-6-14-15(11-13)22-17(21-14)7-1-2-8-17/h5-6,11H,1-4,7-10,12H2,(H,18,20). The van der Waals surface area contributed by atoms with Crippen molar-refractivity contribution >= 4 is 11.6 Å². The van der Waals surface area contributed by atoms with Gasteiger partial charge in [0.1, 0.15) is 0 Å². The van der Waals surface area contributed by atoms with Crippen LogP contribution in [0.2, 0.25) is 0 Å². The Balaban J connectivity index is 1.41. The molecule has 1 saturated heterocycles. The fourth-order valence-electron chi connectivity index (χ4n) is 3.63. The van der Waals surface area contributed by atoms with Gasteiger partial charge in [0.25, 0.3) is 5.79 Å². The van der Waals surface area contributed by atoms with E-state index in [1.54, 1.807) is 0 Å². The molecule has 3 aliphatic rings. The molecular weight excluding hydrogens is 280 g/mol. The van der Waals surface area contributed by atoms with Crippen molar-refractivity contribution in [2.45, 2.75) is 44.3 Å². The molecule has 1 aliphatic carbocycles. The zero-order chi connectivity index (χ0) is 15.0. The first-order chi connectivity index (χ1) is 10.7. The largest absolute Gasteiger partial charge is 0.448 e. The minimum Gasteiger partial charge on any atom is -0.448 e. The first-order valence-corrected chi connectivity index (χ1v) is 8.27. The monoisotopic (exact) mass is 302 g/mol. The Bertz CT molecular complexity index is 575. The number of hydrogen-bond donors (Lipinski definition) is 1. The van der Waals surface area contributed by atoms with Crippen LogP contribution in [0.15, 0.2) is 18.2 Å². The Morgan fingerprint density at radius 1 is 1.09 bits per heavy atom. The quantitative estimate of drug-likeness (QED) is 0.933. The van der Waals surface area contributed by atoms with Crippen LogP contribution in [-0.2, 0) is 4.79 Å². The summed E-state index contributed by atoms with van der Waals surface area (Å²) in [6.45, 7) is 2.52. The van der Waals surface area contributed by atoms with Gasteiger partial charge in [-0.25, -0.2) is 0 Å². The summed E-state index contributed by atoms with van der Waals surface area (Å²) in [4.78, 5) is 14.3. The summed E-state index contributed by atoms with van der Waals surface area (Å²) >= 11 is 0. The molecule has 5 nitrogen and oxygen atoms in total. The number of nitrogens with zero attached hydrogens (tertiary/aromatic N) is 1. The number of benzene rings is 1. The fraction of sp³-hybridized carbons (Fsp3) is 0.588. The van der Waals surface area contributed by atoms with Gasteiger partial charge in [0, 0.05) is 24.6 Å². The zero-order valence-electron chi connectivity index (χ0n) is 12.8. The highest BCUT2D eigenvalue weighted by atomic mass is 16.7. The molecule has 22 heavy (non-hydrogen) atoms. The van der Waals surface area contributed by atoms with Crippen LogP contribution in [0.5, 0.6) is 11.5 Å². The summed E-state index contributed by atoms with van der Waals surface area (Å²) in [7, 11) is 0. The molecular formula is C17H22N2O3. The average Bonchev–Trinajstić information content (AvgIpc) is 3.20. The molecule has 2 fully saturated rings. The van der Waals surface area contributed by atoms with E-state index in [4.69, 9.17) is 9.47 Å². The highest BCUT2D eigenvalue weighted by molar-refractivity contribution is 5.92. The summed E-state index contributed by atoms with van der Waals surface area (Å²) in [6, 6.07) is 5.66. The lowest BCUT2D eigenvalue weighted by molar-refractivity contribution is -0.117. The van der Waals surface area contributed by atoms with Crippen molar-refractivity contribution < 1.29 is 14.3 Å². The third-order valence-electron chi connectivity index (χ3n) is 4.75. The van der Waals surface area contributed by atoms with Crippen molar-refractivity contribution in [3.63, 3.8) is 0 Å². The van der Waals surface area contributed by atoms with E-state index in [0.29, 0.717) is 6.54 Å². The average molecular weight is 302 g/mol. The van der Waals surface area contributed by atoms with Crippen LogP contribution in [0.3, 0.4) is 0 Å². The van der Waals surface area contributed by atoms with Crippen LogP contribution in [0.1, 0.15) is 38.5 Å². The highest BCUT2D eigenvalue weighted by Crippen LogP contribution is 2.47. The van der Waals surface area contributed by atoms with Gasteiger partial charge in [-0.15, -0.1) is 0 Å². The molecule has 1 aromatic rings. The Labute approximate surface area is 130 Å². The number of amides is 1. The molecule has 0 atom stereocenters. The number of fused-ring (bicyclic) bond motifs is 1. The Morgan fingerprint density at radius 3 is 2.59 bits per heavy atom. The normalized spacial score (nSPS) is 22.4. The van der Waals surface area contributed by atoms with Gasteiger partial charge in [0.05, 0.1) is 6.54 Å². The summed E-state index contributed by atoms with van der Waals surface area (Å²) in [6.07, 6.45) is 6.57. The van der Waals surface area contributed by atoms with Gasteiger partial charge >= 0.3 is 0 Å². The van der Waals surface area contributed by atoms with Gasteiger partial charge in [-0.05, 0) is 50.9 Å². The molecule has 1 saturated carbocycles. The second-order valence-corrected chi connectivity index (χ2v) is 6.51. The zero-order valence-corrected chi connectivity index (χ0v) is 12.8. The number of rotatable bonds is 3. The van der Waals surface area contributed by atoms with E-state index >= 15 is 0 Å². The van der Waals surface area contributed by atoms with Crippen LogP contribution < -0.4 is 14.8 Å². The molecule has 0 aromatic heterocycles. The minimum atomic E-state index is -0.444. The summed E-state index contributed by atoms with van der Waals surface area (Å²) in [5.74, 6) is 1.14. The van der Waals surface area contributed by atoms with Crippen molar-refractivity contribution in [2.24, 2.45) is 0 Å². The van der Waals surface area contributed by atoms with Gasteiger partial charge in [0.2, 0.25) is 5.91 Å². The van der Waals surface area contributed by atoms with Crippen molar-refractivity contribution in [2.75, 3.05) is 25.0 Å². The predicted octanol–water partition coefficient (Wildman–Crippen LogP) is 2.76. The van der Waals surface area contributed by atoms with E-state index in [0.717, 1.165) is 56.0 Å². The summed E-state index contributed by atoms with van der Waals surface area (Å²) in [5, 5.41) is 2.96. The van der Waals surface area contributed by atoms with Crippen molar-refractivity contribution in [1.82, 2.24) is 4.90 Å². The maximum Gasteiger partial charge on any atom is 0.251 e. The number of likely N-dealkylation sites (tertiary alicyclic amines) is 1. The molecule has 1 N–H and O–H groups in total. The molecule has 1 aromatic carbocycles. The van der Waals surface area contributed by atoms with Gasteiger partial charge in [-0.3, -0.25) is 9.69 Å². The SMILES string of the molecule is O=C(CN1CCCC1)Nc1ccc2c(c1)OC1(CCCC1)O2. The van der Waals surface area contributed by atoms with Crippen LogP contribution in [0.25, 0.3) is 0 Å². The topological polar surface area (TPSA) is 50.8 Å². The molecule has 2 aliphatic heterocycles. The number of hydrogen-bond acceptors (Lipinski definition) is 4. The Hall–Kier alpha value is -1.75. The number of carbonyl (C=O) groups is 1. The maximum atomic E-state index is 12.1. The molecule has 0 bridgehead atoms. The summed E-state index contributed by atoms with van der Waals surface area (Å²) in [5.41, 5.74) is 0.779. The van der Waals surface area contributed by atoms with Crippen molar-refractivity contribution in [1.29, 1.82) is 0 Å². The van der Waals surface area contributed by atoms with Gasteiger partial charge in [0.15, 0.2) is 11.5 Å². The molecule has 5 heteroatoms. The van der Waals surface area contributed by atoms with E-state index in [1.807, 2.05) is 18.2 Å². The van der Waals surface area contributed by atoms with Gasteiger partial charge < -0.3 is 14.8 Å². The van der Waals surface area contributed by atoms with Crippen LogP contribution in [0.4, 0.5) is 5.69 Å². The summed E-state index contributed by atoms with van der Waals surface area (Å²) < 4.78 is 12.0. The van der Waals surface area contributed by atoms with Crippen LogP contribution in [-0.4, -0.2) is 36.2 Å². The smallest absolute Gasteiger partial charge is 0.251 e. The van der Waals surface area contributed by atoms with E-state index in [-0.39, 0.29) is 5.91 Å². The number of carbonyl (C=O) groups excluding carboxylic acids is 1. The lowest BCUT2D eigenvalue weighted by Gasteiger charge is -2.21. The molecule has 2 heterocycles. The highest BCUT2D eigenvalue weighted by Gasteiger charge is 2.44. The van der Waals surface area contributed by atoms with Gasteiger partial charge in [-0.2, -0.15) is 0 Å². The molecule has 4 rings (SSSR count). The van der Waals surface area contributed by atoms with E-state index in [1.165, 1.54) is 12.8 Å². The third-order valence-corrected chi connectivity index (χ3v) is 4.75. The Kier molecular flexibility index (Phi) is 3.45. The van der Waals surface area contributed by atoms with Gasteiger partial charge in [-0.1, -0.05) is 0 Å². The second-order valence-electron chi connectivity index (χ2n) is 6.51. The van der Waals surface area contributed by atoms with E-state index in [9.17, 15) is 4.79 Å². The van der Waals surface area contributed by atoms with E-state index < -0.39 is 5.79 Å². The third kappa shape index (κ3) is 2.65. The van der Waals surface area contributed by atoms with Crippen LogP contribution in [0, 0.1) is 0 Å². The minimum absolute atomic E-state index is 0.0383. The Morgan fingerprint density at radius 2 is 1.82 bits per heavy atom. The fourth-order valence-corrected chi connectivity index (χ4v) is 3.63. The van der Waals surface area contributed by atoms with Crippen molar-refractivity contribution in [3.05, 3.63) is 18.2 Å². The second kappa shape index (κ2) is 5.47. The first kappa shape index (κ1) is 13.9. The molecule has 118 valence electrons. The van der Waals surface area contributed by atoms with E-state index in [2.05, 4.69) is 10.2 Å². The lowest BCUT2D eigenvalue weighted by Crippen LogP contribution is -2.34.